The van der Waals surface area contributed by atoms with Gasteiger partial charge in [-0.25, -0.2) is 0 Å². The molecule has 11 aromatic rings. The lowest BCUT2D eigenvalue weighted by Crippen LogP contribution is -2.09. The van der Waals surface area contributed by atoms with Gasteiger partial charge in [-0.3, -0.25) is 0 Å². The van der Waals surface area contributed by atoms with Crippen molar-refractivity contribution in [3.63, 3.8) is 0 Å². The minimum absolute atomic E-state index is 0.891. The van der Waals surface area contributed by atoms with Gasteiger partial charge in [0.15, 0.2) is 0 Å². The van der Waals surface area contributed by atoms with Crippen LogP contribution in [0.2, 0.25) is 0 Å². The second-order valence-electron chi connectivity index (χ2n) is 12.9. The van der Waals surface area contributed by atoms with Crippen LogP contribution in [0.3, 0.4) is 0 Å². The molecular formula is C46H27NO2S. The predicted octanol–water partition coefficient (Wildman–Crippen LogP) is 14.1. The Bertz CT molecular complexity index is 3110. The molecule has 3 nitrogen and oxygen atoms in total. The first kappa shape index (κ1) is 27.6. The summed E-state index contributed by atoms with van der Waals surface area (Å²) in [4.78, 5) is 2.36. The number of nitrogens with zero attached hydrogens (tertiary/aromatic N) is 1. The lowest BCUT2D eigenvalue weighted by Gasteiger charge is -2.26. The maximum absolute atomic E-state index is 6.20. The summed E-state index contributed by atoms with van der Waals surface area (Å²) in [7, 11) is 0. The average molecular weight is 658 g/mol. The third-order valence-electron chi connectivity index (χ3n) is 10.1. The summed E-state index contributed by atoms with van der Waals surface area (Å²) in [6.07, 6.45) is 0. The van der Waals surface area contributed by atoms with Crippen molar-refractivity contribution in [3.05, 3.63) is 164 Å². The number of para-hydroxylation sites is 2. The maximum atomic E-state index is 6.20. The zero-order chi connectivity index (χ0) is 32.8. The molecule has 50 heavy (non-hydrogen) atoms. The highest BCUT2D eigenvalue weighted by Gasteiger charge is 2.18. The van der Waals surface area contributed by atoms with E-state index < -0.39 is 0 Å². The summed E-state index contributed by atoms with van der Waals surface area (Å²) >= 11 is 1.84. The van der Waals surface area contributed by atoms with Gasteiger partial charge < -0.3 is 13.7 Å². The first-order chi connectivity index (χ1) is 24.7. The molecule has 0 saturated carbocycles. The summed E-state index contributed by atoms with van der Waals surface area (Å²) < 4.78 is 14.9. The number of thiophene rings is 1. The Hall–Kier alpha value is -6.36. The van der Waals surface area contributed by atoms with Gasteiger partial charge in [0.05, 0.1) is 0 Å². The second kappa shape index (κ2) is 10.6. The van der Waals surface area contributed by atoms with Crippen molar-refractivity contribution < 1.29 is 8.83 Å². The lowest BCUT2D eigenvalue weighted by molar-refractivity contribution is 0.668. The first-order valence-electron chi connectivity index (χ1n) is 16.8. The van der Waals surface area contributed by atoms with E-state index in [9.17, 15) is 0 Å². The number of anilines is 3. The molecule has 0 atom stereocenters. The van der Waals surface area contributed by atoms with Crippen molar-refractivity contribution in [3.8, 4) is 11.1 Å². The van der Waals surface area contributed by atoms with Gasteiger partial charge in [-0.2, -0.15) is 0 Å². The average Bonchev–Trinajstić information content (AvgIpc) is 3.86. The van der Waals surface area contributed by atoms with Crippen LogP contribution in [0.15, 0.2) is 173 Å². The molecule has 0 radical (unpaired) electrons. The fourth-order valence-electron chi connectivity index (χ4n) is 7.69. The van der Waals surface area contributed by atoms with E-state index in [-0.39, 0.29) is 0 Å². The fraction of sp³-hybridized carbons (Fsp3) is 0. The van der Waals surface area contributed by atoms with Crippen molar-refractivity contribution >= 4 is 103 Å². The maximum Gasteiger partial charge on any atom is 0.136 e. The normalized spacial score (nSPS) is 12.0. The third-order valence-corrected chi connectivity index (χ3v) is 11.2. The highest BCUT2D eigenvalue weighted by molar-refractivity contribution is 7.25. The molecule has 0 aliphatic rings. The summed E-state index contributed by atoms with van der Waals surface area (Å²) in [5, 5.41) is 9.56. The number of furan rings is 2. The SMILES string of the molecule is c1ccc2c(c1)oc1ccc(N(c3ccc(-c4ccc5c(ccc6oc7ccccc7c65)c4)cc3)c3ccc4c(c3)sc3ccccc34)cc12. The molecule has 4 heteroatoms. The fourth-order valence-corrected chi connectivity index (χ4v) is 8.83. The van der Waals surface area contributed by atoms with Crippen molar-refractivity contribution in [1.29, 1.82) is 0 Å². The van der Waals surface area contributed by atoms with Crippen molar-refractivity contribution in [1.82, 2.24) is 0 Å². The smallest absolute Gasteiger partial charge is 0.136 e. The molecule has 0 saturated heterocycles. The van der Waals surface area contributed by atoms with E-state index in [0.717, 1.165) is 55.6 Å². The van der Waals surface area contributed by atoms with Crippen molar-refractivity contribution in [2.75, 3.05) is 4.90 Å². The van der Waals surface area contributed by atoms with Gasteiger partial charge >= 0.3 is 0 Å². The number of benzene rings is 8. The number of hydrogen-bond donors (Lipinski definition) is 0. The van der Waals surface area contributed by atoms with E-state index in [2.05, 4.69) is 144 Å². The predicted molar refractivity (Wildman–Crippen MR) is 212 cm³/mol. The topological polar surface area (TPSA) is 29.5 Å². The highest BCUT2D eigenvalue weighted by atomic mass is 32.1. The molecule has 0 unspecified atom stereocenters. The Balaban J connectivity index is 1.04. The van der Waals surface area contributed by atoms with Crippen molar-refractivity contribution in [2.45, 2.75) is 0 Å². The molecule has 8 aromatic carbocycles. The van der Waals surface area contributed by atoms with Gasteiger partial charge in [0.25, 0.3) is 0 Å². The van der Waals surface area contributed by atoms with Gasteiger partial charge in [-0.15, -0.1) is 11.3 Å². The van der Waals surface area contributed by atoms with Gasteiger partial charge in [0.1, 0.15) is 22.3 Å². The van der Waals surface area contributed by atoms with Crippen LogP contribution in [-0.2, 0) is 0 Å². The Morgan fingerprint density at radius 2 is 0.960 bits per heavy atom. The van der Waals surface area contributed by atoms with Crippen LogP contribution in [0.1, 0.15) is 0 Å². The molecule has 0 aliphatic heterocycles. The van der Waals surface area contributed by atoms with Crippen LogP contribution >= 0.6 is 11.3 Å². The third kappa shape index (κ3) is 4.16. The van der Waals surface area contributed by atoms with E-state index in [0.29, 0.717) is 0 Å². The van der Waals surface area contributed by atoms with Crippen LogP contribution in [-0.4, -0.2) is 0 Å². The molecule has 0 aliphatic carbocycles. The lowest BCUT2D eigenvalue weighted by atomic mass is 9.98. The number of hydrogen-bond acceptors (Lipinski definition) is 4. The Morgan fingerprint density at radius 1 is 0.360 bits per heavy atom. The van der Waals surface area contributed by atoms with Crippen LogP contribution in [0.25, 0.3) is 85.9 Å². The van der Waals surface area contributed by atoms with Crippen LogP contribution < -0.4 is 4.90 Å². The van der Waals surface area contributed by atoms with Crippen LogP contribution in [0, 0.1) is 0 Å². The molecule has 0 spiro atoms. The Labute approximate surface area is 290 Å². The summed E-state index contributed by atoms with van der Waals surface area (Å²) in [6.45, 7) is 0. The zero-order valence-electron chi connectivity index (χ0n) is 26.8. The molecule has 0 bridgehead atoms. The quantitative estimate of drug-likeness (QED) is 0.189. The van der Waals surface area contributed by atoms with Crippen LogP contribution in [0.5, 0.6) is 0 Å². The zero-order valence-corrected chi connectivity index (χ0v) is 27.6. The monoisotopic (exact) mass is 657 g/mol. The van der Waals surface area contributed by atoms with Gasteiger partial charge in [0.2, 0.25) is 0 Å². The summed E-state index contributed by atoms with van der Waals surface area (Å²) in [6, 6.07) is 58.5. The molecule has 3 heterocycles. The number of rotatable bonds is 4. The van der Waals surface area contributed by atoms with E-state index in [1.165, 1.54) is 47.5 Å². The van der Waals surface area contributed by atoms with Gasteiger partial charge in [0, 0.05) is 58.8 Å². The minimum Gasteiger partial charge on any atom is -0.456 e. The molecular weight excluding hydrogens is 631 g/mol. The van der Waals surface area contributed by atoms with E-state index in [4.69, 9.17) is 8.83 Å². The standard InChI is InChI=1S/C46H27NO2S/c1-4-10-40-35(7-1)39-26-32(20-24-42(39)48-40)47(33-19-22-37-36-8-3-6-12-44(36)50-45(37)27-33)31-17-13-28(14-18-31)29-15-21-34-30(25-29)16-23-43-46(34)38-9-2-5-11-41(38)49-43/h1-27H. The first-order valence-corrected chi connectivity index (χ1v) is 17.6. The second-order valence-corrected chi connectivity index (χ2v) is 14.0. The Morgan fingerprint density at radius 3 is 1.84 bits per heavy atom. The summed E-state index contributed by atoms with van der Waals surface area (Å²) in [5.41, 5.74) is 9.28. The van der Waals surface area contributed by atoms with E-state index in [1.54, 1.807) is 0 Å². The number of fused-ring (bicyclic) bond motifs is 11. The van der Waals surface area contributed by atoms with E-state index in [1.807, 2.05) is 35.6 Å². The molecule has 3 aromatic heterocycles. The Kier molecular flexibility index (Phi) is 5.83. The van der Waals surface area contributed by atoms with Gasteiger partial charge in [-0.05, 0) is 94.7 Å². The van der Waals surface area contributed by atoms with Crippen LogP contribution in [0.4, 0.5) is 17.1 Å². The summed E-state index contributed by atoms with van der Waals surface area (Å²) in [5.74, 6) is 0. The molecule has 0 N–H and O–H groups in total. The molecule has 0 amide bonds. The van der Waals surface area contributed by atoms with E-state index >= 15 is 0 Å². The highest BCUT2D eigenvalue weighted by Crippen LogP contribution is 2.43. The van der Waals surface area contributed by atoms with Crippen molar-refractivity contribution in [2.24, 2.45) is 0 Å². The molecule has 0 fully saturated rings. The molecule has 234 valence electrons. The minimum atomic E-state index is 0.891. The largest absolute Gasteiger partial charge is 0.456 e. The van der Waals surface area contributed by atoms with Gasteiger partial charge in [-0.1, -0.05) is 91.0 Å². The molecule has 11 rings (SSSR count).